The van der Waals surface area contributed by atoms with Crippen LogP contribution >= 0.6 is 11.3 Å². The van der Waals surface area contributed by atoms with Crippen molar-refractivity contribution in [2.45, 2.75) is 19.4 Å². The molecule has 0 radical (unpaired) electrons. The molecule has 3 aromatic rings. The highest BCUT2D eigenvalue weighted by Gasteiger charge is 2.17. The maximum absolute atomic E-state index is 12.0. The third-order valence-electron chi connectivity index (χ3n) is 3.18. The van der Waals surface area contributed by atoms with Crippen LogP contribution in [0, 0.1) is 0 Å². The van der Waals surface area contributed by atoms with Gasteiger partial charge in [0.05, 0.1) is 12.9 Å². The number of nitrogens with zero attached hydrogens (tertiary/aromatic N) is 3. The third-order valence-corrected chi connectivity index (χ3v) is 4.02. The van der Waals surface area contributed by atoms with Crippen LogP contribution in [0.25, 0.3) is 4.96 Å². The van der Waals surface area contributed by atoms with Crippen molar-refractivity contribution in [2.75, 3.05) is 19.0 Å². The van der Waals surface area contributed by atoms with Gasteiger partial charge in [0, 0.05) is 18.9 Å². The van der Waals surface area contributed by atoms with Crippen molar-refractivity contribution in [1.82, 2.24) is 14.6 Å². The lowest BCUT2D eigenvalue weighted by Crippen LogP contribution is -2.17. The van der Waals surface area contributed by atoms with Gasteiger partial charge in [-0.2, -0.15) is 4.52 Å². The lowest BCUT2D eigenvalue weighted by molar-refractivity contribution is 0.178. The first-order valence-electron chi connectivity index (χ1n) is 6.90. The molecule has 8 heteroatoms. The van der Waals surface area contributed by atoms with Gasteiger partial charge in [0.25, 0.3) is 5.56 Å². The molecule has 1 atom stereocenters. The molecule has 0 aliphatic heterocycles. The van der Waals surface area contributed by atoms with Crippen LogP contribution in [0.2, 0.25) is 0 Å². The predicted octanol–water partition coefficient (Wildman–Crippen LogP) is 2.11. The lowest BCUT2D eigenvalue weighted by atomic mass is 10.2. The minimum absolute atomic E-state index is 0.174. The molecule has 1 N–H and O–H groups in total. The summed E-state index contributed by atoms with van der Waals surface area (Å²) in [7, 11) is 1.62. The molecule has 0 amide bonds. The fourth-order valence-corrected chi connectivity index (χ4v) is 2.97. The molecule has 0 saturated heterocycles. The van der Waals surface area contributed by atoms with Crippen molar-refractivity contribution in [2.24, 2.45) is 0 Å². The number of hydrogen-bond acceptors (Lipinski definition) is 7. The van der Waals surface area contributed by atoms with E-state index in [-0.39, 0.29) is 11.6 Å². The van der Waals surface area contributed by atoms with Crippen LogP contribution in [0.5, 0.6) is 0 Å². The van der Waals surface area contributed by atoms with Crippen LogP contribution in [-0.2, 0) is 11.2 Å². The minimum Gasteiger partial charge on any atom is -0.467 e. The Morgan fingerprint density at radius 2 is 2.41 bits per heavy atom. The molecule has 3 rings (SSSR count). The summed E-state index contributed by atoms with van der Waals surface area (Å²) in [6, 6.07) is 5.01. The Kier molecular flexibility index (Phi) is 4.21. The van der Waals surface area contributed by atoms with Crippen molar-refractivity contribution in [3.63, 3.8) is 0 Å². The Hall–Kier alpha value is -2.19. The molecule has 0 fully saturated rings. The fraction of sp³-hybridized carbons (Fsp3) is 0.357. The molecule has 0 spiro atoms. The Balaban J connectivity index is 1.92. The van der Waals surface area contributed by atoms with Gasteiger partial charge in [-0.1, -0.05) is 18.3 Å². The number of ether oxygens (including phenoxy) is 1. The van der Waals surface area contributed by atoms with Gasteiger partial charge in [0.2, 0.25) is 10.1 Å². The summed E-state index contributed by atoms with van der Waals surface area (Å²) in [5.41, 5.74) is 0.590. The van der Waals surface area contributed by atoms with Crippen LogP contribution in [-0.4, -0.2) is 28.3 Å². The van der Waals surface area contributed by atoms with Gasteiger partial charge in [-0.15, -0.1) is 5.10 Å². The standard InChI is InChI=1S/C14H16N4O3S/c1-3-9-7-12(19)18-14(15-9)22-13(17-18)16-10(8-20-2)11-5-4-6-21-11/h4-7,10H,3,8H2,1-2H3,(H,16,17). The molecule has 0 aliphatic carbocycles. The highest BCUT2D eigenvalue weighted by atomic mass is 32.1. The zero-order valence-electron chi connectivity index (χ0n) is 12.3. The second kappa shape index (κ2) is 6.29. The quantitative estimate of drug-likeness (QED) is 0.749. The van der Waals surface area contributed by atoms with Crippen molar-refractivity contribution >= 4 is 21.4 Å². The maximum Gasteiger partial charge on any atom is 0.275 e. The maximum atomic E-state index is 12.0. The number of aromatic nitrogens is 3. The van der Waals surface area contributed by atoms with Crippen molar-refractivity contribution in [3.05, 3.63) is 46.3 Å². The van der Waals surface area contributed by atoms with Gasteiger partial charge in [-0.3, -0.25) is 4.79 Å². The smallest absolute Gasteiger partial charge is 0.275 e. The predicted molar refractivity (Wildman–Crippen MR) is 83.5 cm³/mol. The van der Waals surface area contributed by atoms with Crippen LogP contribution in [0.4, 0.5) is 5.13 Å². The summed E-state index contributed by atoms with van der Waals surface area (Å²) >= 11 is 1.32. The Morgan fingerprint density at radius 3 is 3.09 bits per heavy atom. The van der Waals surface area contributed by atoms with E-state index >= 15 is 0 Å². The van der Waals surface area contributed by atoms with Gasteiger partial charge < -0.3 is 14.5 Å². The van der Waals surface area contributed by atoms with Crippen molar-refractivity contribution < 1.29 is 9.15 Å². The number of hydrogen-bond donors (Lipinski definition) is 1. The average molecular weight is 320 g/mol. The molecule has 0 saturated carbocycles. The van der Waals surface area contributed by atoms with Crippen LogP contribution in [0.3, 0.4) is 0 Å². The molecular weight excluding hydrogens is 304 g/mol. The molecule has 1 unspecified atom stereocenters. The number of rotatable bonds is 6. The van der Waals surface area contributed by atoms with Gasteiger partial charge in [-0.05, 0) is 18.6 Å². The second-order valence-corrected chi connectivity index (χ2v) is 5.66. The molecule has 0 bridgehead atoms. The molecule has 0 aliphatic rings. The summed E-state index contributed by atoms with van der Waals surface area (Å²) < 4.78 is 11.9. The number of fused-ring (bicyclic) bond motifs is 1. The zero-order chi connectivity index (χ0) is 15.5. The molecular formula is C14H16N4O3S. The molecule has 3 aromatic heterocycles. The second-order valence-electron chi connectivity index (χ2n) is 4.71. The average Bonchev–Trinajstić information content (AvgIpc) is 3.15. The summed E-state index contributed by atoms with van der Waals surface area (Å²) in [6.45, 7) is 2.38. The van der Waals surface area contributed by atoms with Crippen LogP contribution in [0.15, 0.2) is 33.7 Å². The van der Waals surface area contributed by atoms with Crippen molar-refractivity contribution in [1.29, 1.82) is 0 Å². The van der Waals surface area contributed by atoms with E-state index in [4.69, 9.17) is 9.15 Å². The van der Waals surface area contributed by atoms with Gasteiger partial charge in [-0.25, -0.2) is 4.98 Å². The van der Waals surface area contributed by atoms with Crippen LogP contribution < -0.4 is 10.9 Å². The first-order chi connectivity index (χ1) is 10.7. The van der Waals surface area contributed by atoms with Gasteiger partial charge in [0.1, 0.15) is 11.8 Å². The lowest BCUT2D eigenvalue weighted by Gasteiger charge is -2.14. The van der Waals surface area contributed by atoms with Gasteiger partial charge >= 0.3 is 0 Å². The monoisotopic (exact) mass is 320 g/mol. The number of anilines is 1. The third kappa shape index (κ3) is 2.88. The van der Waals surface area contributed by atoms with E-state index in [0.717, 1.165) is 11.5 Å². The summed E-state index contributed by atoms with van der Waals surface area (Å²) in [6.07, 6.45) is 2.32. The largest absolute Gasteiger partial charge is 0.467 e. The highest BCUT2D eigenvalue weighted by molar-refractivity contribution is 7.20. The molecule has 0 aromatic carbocycles. The molecule has 3 heterocycles. The number of methoxy groups -OCH3 is 1. The Morgan fingerprint density at radius 1 is 1.55 bits per heavy atom. The zero-order valence-corrected chi connectivity index (χ0v) is 13.1. The number of nitrogens with one attached hydrogen (secondary N) is 1. The van der Waals surface area contributed by atoms with E-state index in [9.17, 15) is 4.79 Å². The number of furan rings is 1. The van der Waals surface area contributed by atoms with Gasteiger partial charge in [0.15, 0.2) is 0 Å². The molecule has 116 valence electrons. The van der Waals surface area contributed by atoms with E-state index in [2.05, 4.69) is 15.4 Å². The van der Waals surface area contributed by atoms with Crippen LogP contribution in [0.1, 0.15) is 24.4 Å². The first kappa shape index (κ1) is 14.7. The Labute approximate surface area is 130 Å². The van der Waals surface area contributed by atoms with E-state index in [1.807, 2.05) is 19.1 Å². The van der Waals surface area contributed by atoms with Crippen molar-refractivity contribution in [3.8, 4) is 0 Å². The summed E-state index contributed by atoms with van der Waals surface area (Å²) in [4.78, 5) is 17.0. The first-order valence-corrected chi connectivity index (χ1v) is 7.71. The van der Waals surface area contributed by atoms with E-state index in [1.54, 1.807) is 13.4 Å². The topological polar surface area (TPSA) is 81.7 Å². The summed E-state index contributed by atoms with van der Waals surface area (Å²) in [5.74, 6) is 0.746. The van der Waals surface area contributed by atoms with E-state index in [0.29, 0.717) is 23.1 Å². The van der Waals surface area contributed by atoms with E-state index < -0.39 is 0 Å². The Bertz CT molecular complexity index is 809. The SMILES string of the molecule is CCc1cc(=O)n2nc(NC(COC)c3ccco3)sc2n1. The summed E-state index contributed by atoms with van der Waals surface area (Å²) in [5, 5.41) is 8.09. The minimum atomic E-state index is -0.179. The fourth-order valence-electron chi connectivity index (χ4n) is 2.10. The van der Waals surface area contributed by atoms with E-state index in [1.165, 1.54) is 21.9 Å². The highest BCUT2D eigenvalue weighted by Crippen LogP contribution is 2.23. The number of aryl methyl sites for hydroxylation is 1. The normalized spacial score (nSPS) is 12.6. The molecule has 7 nitrogen and oxygen atoms in total. The molecule has 22 heavy (non-hydrogen) atoms.